The molecule has 0 fully saturated rings. The minimum atomic E-state index is -0.716. The van der Waals surface area contributed by atoms with Gasteiger partial charge in [-0.25, -0.2) is 0 Å². The van der Waals surface area contributed by atoms with Gasteiger partial charge in [-0.2, -0.15) is 0 Å². The molecule has 1 aliphatic rings. The van der Waals surface area contributed by atoms with Crippen LogP contribution in [0.5, 0.6) is 5.75 Å². The maximum absolute atomic E-state index is 10.7. The predicted octanol–water partition coefficient (Wildman–Crippen LogP) is 3.26. The first-order chi connectivity index (χ1) is 10.0. The zero-order valence-electron chi connectivity index (χ0n) is 13.1. The van der Waals surface area contributed by atoms with Crippen LogP contribution >= 0.6 is 0 Å². The highest BCUT2D eigenvalue weighted by Gasteiger charge is 2.29. The van der Waals surface area contributed by atoms with E-state index in [4.69, 9.17) is 9.84 Å². The van der Waals surface area contributed by atoms with Gasteiger partial charge in [-0.05, 0) is 62.9 Å². The maximum atomic E-state index is 10.7. The SMILES string of the molecule is COc1ccc2c(c1)C(N(CCCC(=O)O)C(C)C)CC2. The molecule has 4 nitrogen and oxygen atoms in total. The minimum absolute atomic E-state index is 0.237. The molecule has 1 N–H and O–H groups in total. The number of aliphatic carboxylic acids is 1. The average Bonchev–Trinajstić information content (AvgIpc) is 2.85. The number of aryl methyl sites for hydroxylation is 1. The lowest BCUT2D eigenvalue weighted by Crippen LogP contribution is -2.35. The number of benzene rings is 1. The Kier molecular flexibility index (Phi) is 5.23. The van der Waals surface area contributed by atoms with E-state index in [1.54, 1.807) is 7.11 Å². The van der Waals surface area contributed by atoms with Crippen LogP contribution in [-0.2, 0) is 11.2 Å². The van der Waals surface area contributed by atoms with Crippen LogP contribution in [0.4, 0.5) is 0 Å². The summed E-state index contributed by atoms with van der Waals surface area (Å²) < 4.78 is 5.34. The molecule has 0 aromatic heterocycles. The Morgan fingerprint density at radius 3 is 2.86 bits per heavy atom. The number of methoxy groups -OCH3 is 1. The second-order valence-corrected chi connectivity index (χ2v) is 5.95. The number of hydrogen-bond acceptors (Lipinski definition) is 3. The smallest absolute Gasteiger partial charge is 0.303 e. The first kappa shape index (κ1) is 15.8. The third-order valence-corrected chi connectivity index (χ3v) is 4.27. The fraction of sp³-hybridized carbons (Fsp3) is 0.588. The Morgan fingerprint density at radius 1 is 1.48 bits per heavy atom. The molecule has 4 heteroatoms. The molecule has 0 spiro atoms. The molecule has 0 amide bonds. The summed E-state index contributed by atoms with van der Waals surface area (Å²) in [4.78, 5) is 13.1. The van der Waals surface area contributed by atoms with Gasteiger partial charge in [-0.1, -0.05) is 6.07 Å². The number of hydrogen-bond donors (Lipinski definition) is 1. The molecule has 0 radical (unpaired) electrons. The largest absolute Gasteiger partial charge is 0.497 e. The number of carboxylic acid groups (broad SMARTS) is 1. The lowest BCUT2D eigenvalue weighted by atomic mass is 10.0. The van der Waals surface area contributed by atoms with Crippen LogP contribution in [0.15, 0.2) is 18.2 Å². The van der Waals surface area contributed by atoms with Crippen LogP contribution in [0, 0.1) is 0 Å². The highest BCUT2D eigenvalue weighted by Crippen LogP contribution is 2.38. The Morgan fingerprint density at radius 2 is 2.24 bits per heavy atom. The van der Waals surface area contributed by atoms with Gasteiger partial charge >= 0.3 is 5.97 Å². The predicted molar refractivity (Wildman–Crippen MR) is 82.8 cm³/mol. The summed E-state index contributed by atoms with van der Waals surface area (Å²) in [5, 5.41) is 8.82. The summed E-state index contributed by atoms with van der Waals surface area (Å²) in [5.41, 5.74) is 2.74. The molecule has 1 unspecified atom stereocenters. The molecule has 0 saturated heterocycles. The number of carboxylic acids is 1. The number of carbonyl (C=O) groups is 1. The van der Waals surface area contributed by atoms with E-state index < -0.39 is 5.97 Å². The third-order valence-electron chi connectivity index (χ3n) is 4.27. The van der Waals surface area contributed by atoms with E-state index in [-0.39, 0.29) is 6.42 Å². The van der Waals surface area contributed by atoms with Gasteiger partial charge in [-0.3, -0.25) is 9.69 Å². The van der Waals surface area contributed by atoms with Gasteiger partial charge in [0.15, 0.2) is 0 Å². The Labute approximate surface area is 126 Å². The molecule has 0 aliphatic heterocycles. The second-order valence-electron chi connectivity index (χ2n) is 5.95. The average molecular weight is 291 g/mol. The summed E-state index contributed by atoms with van der Waals surface area (Å²) in [6.07, 6.45) is 3.13. The molecular formula is C17H25NO3. The van der Waals surface area contributed by atoms with Gasteiger partial charge in [0, 0.05) is 18.5 Å². The normalized spacial score (nSPS) is 17.3. The van der Waals surface area contributed by atoms with E-state index >= 15 is 0 Å². The fourth-order valence-corrected chi connectivity index (χ4v) is 3.22. The van der Waals surface area contributed by atoms with Crippen molar-refractivity contribution in [3.63, 3.8) is 0 Å². The highest BCUT2D eigenvalue weighted by molar-refractivity contribution is 5.66. The topological polar surface area (TPSA) is 49.8 Å². The molecule has 0 heterocycles. The van der Waals surface area contributed by atoms with Crippen molar-refractivity contribution in [3.05, 3.63) is 29.3 Å². The zero-order chi connectivity index (χ0) is 15.4. The first-order valence-electron chi connectivity index (χ1n) is 7.67. The van der Waals surface area contributed by atoms with E-state index in [1.807, 2.05) is 6.07 Å². The quantitative estimate of drug-likeness (QED) is 0.837. The molecule has 2 rings (SSSR count). The van der Waals surface area contributed by atoms with E-state index in [1.165, 1.54) is 11.1 Å². The van der Waals surface area contributed by atoms with Crippen molar-refractivity contribution in [2.45, 2.75) is 51.6 Å². The second kappa shape index (κ2) is 6.94. The highest BCUT2D eigenvalue weighted by atomic mass is 16.5. The molecule has 0 saturated carbocycles. The summed E-state index contributed by atoms with van der Waals surface area (Å²) in [6, 6.07) is 7.10. The monoisotopic (exact) mass is 291 g/mol. The molecule has 116 valence electrons. The molecule has 1 atom stereocenters. The van der Waals surface area contributed by atoms with Crippen LogP contribution in [0.3, 0.4) is 0 Å². The van der Waals surface area contributed by atoms with Crippen molar-refractivity contribution in [2.75, 3.05) is 13.7 Å². The fourth-order valence-electron chi connectivity index (χ4n) is 3.22. The minimum Gasteiger partial charge on any atom is -0.497 e. The lowest BCUT2D eigenvalue weighted by Gasteiger charge is -2.33. The van der Waals surface area contributed by atoms with E-state index in [2.05, 4.69) is 30.9 Å². The zero-order valence-corrected chi connectivity index (χ0v) is 13.1. The summed E-state index contributed by atoms with van der Waals surface area (Å²) in [5.74, 6) is 0.182. The number of ether oxygens (including phenoxy) is 1. The van der Waals surface area contributed by atoms with Crippen molar-refractivity contribution in [1.29, 1.82) is 0 Å². The van der Waals surface area contributed by atoms with Gasteiger partial charge in [0.25, 0.3) is 0 Å². The van der Waals surface area contributed by atoms with Gasteiger partial charge < -0.3 is 9.84 Å². The van der Waals surface area contributed by atoms with Crippen LogP contribution in [-0.4, -0.2) is 35.7 Å². The van der Waals surface area contributed by atoms with Crippen LogP contribution in [0.1, 0.15) is 50.3 Å². The number of rotatable bonds is 7. The van der Waals surface area contributed by atoms with E-state index in [9.17, 15) is 4.79 Å². The van der Waals surface area contributed by atoms with Crippen molar-refractivity contribution < 1.29 is 14.6 Å². The van der Waals surface area contributed by atoms with Crippen molar-refractivity contribution in [3.8, 4) is 5.75 Å². The van der Waals surface area contributed by atoms with Crippen molar-refractivity contribution in [2.24, 2.45) is 0 Å². The van der Waals surface area contributed by atoms with Crippen LogP contribution in [0.25, 0.3) is 0 Å². The molecule has 1 aromatic carbocycles. The summed E-state index contributed by atoms with van der Waals surface area (Å²) >= 11 is 0. The van der Waals surface area contributed by atoms with Crippen LogP contribution in [0.2, 0.25) is 0 Å². The standard InChI is InChI=1S/C17H25NO3/c1-12(2)18(10-4-5-17(19)20)16-9-7-13-6-8-14(21-3)11-15(13)16/h6,8,11-12,16H,4-5,7,9-10H2,1-3H3,(H,19,20). The Bertz CT molecular complexity index is 499. The number of nitrogens with zero attached hydrogens (tertiary/aromatic N) is 1. The third kappa shape index (κ3) is 3.76. The molecule has 1 aromatic rings. The number of fused-ring (bicyclic) bond motifs is 1. The van der Waals surface area contributed by atoms with Crippen LogP contribution < -0.4 is 4.74 Å². The molecule has 0 bridgehead atoms. The van der Waals surface area contributed by atoms with Crippen molar-refractivity contribution in [1.82, 2.24) is 4.90 Å². The lowest BCUT2D eigenvalue weighted by molar-refractivity contribution is -0.137. The molecule has 1 aliphatic carbocycles. The van der Waals surface area contributed by atoms with Gasteiger partial charge in [0.1, 0.15) is 5.75 Å². The summed E-state index contributed by atoms with van der Waals surface area (Å²) in [7, 11) is 1.69. The van der Waals surface area contributed by atoms with E-state index in [0.29, 0.717) is 18.5 Å². The molecular weight excluding hydrogens is 266 g/mol. The summed E-state index contributed by atoms with van der Waals surface area (Å²) in [6.45, 7) is 5.18. The first-order valence-corrected chi connectivity index (χ1v) is 7.67. The van der Waals surface area contributed by atoms with E-state index in [0.717, 1.165) is 25.1 Å². The Hall–Kier alpha value is -1.55. The Balaban J connectivity index is 2.14. The van der Waals surface area contributed by atoms with Crippen molar-refractivity contribution >= 4 is 5.97 Å². The van der Waals surface area contributed by atoms with Gasteiger partial charge in [0.2, 0.25) is 0 Å². The van der Waals surface area contributed by atoms with Gasteiger partial charge in [0.05, 0.1) is 7.11 Å². The maximum Gasteiger partial charge on any atom is 0.303 e. The van der Waals surface area contributed by atoms with Gasteiger partial charge in [-0.15, -0.1) is 0 Å². The molecule has 21 heavy (non-hydrogen) atoms.